The standard InChI is InChI=1S/C11H15N3O2/c12-10-5-13-3-1-9(10)11(16)14-4-2-8(6-14)7-15/h1,3,5,8,15H,2,4,6-7,12H2. The predicted molar refractivity (Wildman–Crippen MR) is 59.7 cm³/mol. The second-order valence-corrected chi connectivity index (χ2v) is 4.05. The van der Waals surface area contributed by atoms with E-state index in [1.807, 2.05) is 0 Å². The number of amides is 1. The van der Waals surface area contributed by atoms with Gasteiger partial charge >= 0.3 is 0 Å². The third kappa shape index (κ3) is 1.99. The van der Waals surface area contributed by atoms with Gasteiger partial charge in [0.25, 0.3) is 5.91 Å². The van der Waals surface area contributed by atoms with E-state index in [1.54, 1.807) is 17.2 Å². The van der Waals surface area contributed by atoms with Crippen LogP contribution in [-0.4, -0.2) is 40.6 Å². The molecule has 0 saturated carbocycles. The Morgan fingerprint density at radius 2 is 2.50 bits per heavy atom. The molecule has 5 nitrogen and oxygen atoms in total. The summed E-state index contributed by atoms with van der Waals surface area (Å²) in [7, 11) is 0. The summed E-state index contributed by atoms with van der Waals surface area (Å²) >= 11 is 0. The van der Waals surface area contributed by atoms with E-state index in [0.29, 0.717) is 24.3 Å². The maximum absolute atomic E-state index is 12.1. The number of carbonyl (C=O) groups is 1. The number of carbonyl (C=O) groups excluding carboxylic acids is 1. The van der Waals surface area contributed by atoms with Crippen molar-refractivity contribution in [3.63, 3.8) is 0 Å². The van der Waals surface area contributed by atoms with Gasteiger partial charge in [0.1, 0.15) is 0 Å². The van der Waals surface area contributed by atoms with Crippen LogP contribution in [0.2, 0.25) is 0 Å². The Balaban J connectivity index is 2.12. The van der Waals surface area contributed by atoms with Gasteiger partial charge in [-0.25, -0.2) is 0 Å². The van der Waals surface area contributed by atoms with Crippen LogP contribution in [0.3, 0.4) is 0 Å². The molecule has 3 N–H and O–H groups in total. The highest BCUT2D eigenvalue weighted by Gasteiger charge is 2.27. The summed E-state index contributed by atoms with van der Waals surface area (Å²) in [6.07, 6.45) is 3.89. The van der Waals surface area contributed by atoms with Crippen molar-refractivity contribution in [3.05, 3.63) is 24.0 Å². The van der Waals surface area contributed by atoms with Gasteiger partial charge < -0.3 is 15.7 Å². The van der Waals surface area contributed by atoms with Crippen LogP contribution in [0.1, 0.15) is 16.8 Å². The van der Waals surface area contributed by atoms with Crippen molar-refractivity contribution in [2.45, 2.75) is 6.42 Å². The van der Waals surface area contributed by atoms with Gasteiger partial charge in [0.05, 0.1) is 17.4 Å². The molecule has 0 bridgehead atoms. The van der Waals surface area contributed by atoms with Crippen LogP contribution in [0, 0.1) is 5.92 Å². The van der Waals surface area contributed by atoms with E-state index < -0.39 is 0 Å². The van der Waals surface area contributed by atoms with Crippen molar-refractivity contribution < 1.29 is 9.90 Å². The fourth-order valence-corrected chi connectivity index (χ4v) is 1.94. The van der Waals surface area contributed by atoms with Crippen molar-refractivity contribution in [1.82, 2.24) is 9.88 Å². The molecule has 1 unspecified atom stereocenters. The summed E-state index contributed by atoms with van der Waals surface area (Å²) in [6.45, 7) is 1.43. The van der Waals surface area contributed by atoms with Crippen molar-refractivity contribution in [2.75, 3.05) is 25.4 Å². The second kappa shape index (κ2) is 4.49. The number of aromatic nitrogens is 1. The number of aliphatic hydroxyl groups excluding tert-OH is 1. The van der Waals surface area contributed by atoms with Gasteiger partial charge in [-0.1, -0.05) is 0 Å². The Bertz CT molecular complexity index is 395. The number of rotatable bonds is 2. The minimum absolute atomic E-state index is 0.0733. The Labute approximate surface area is 93.9 Å². The molecule has 1 fully saturated rings. The van der Waals surface area contributed by atoms with Gasteiger partial charge in [-0.15, -0.1) is 0 Å². The number of anilines is 1. The van der Waals surface area contributed by atoms with Crippen molar-refractivity contribution in [3.8, 4) is 0 Å². The normalized spacial score (nSPS) is 20.1. The lowest BCUT2D eigenvalue weighted by Gasteiger charge is -2.16. The quantitative estimate of drug-likeness (QED) is 0.743. The van der Waals surface area contributed by atoms with Crippen LogP contribution in [0.25, 0.3) is 0 Å². The molecule has 0 aromatic carbocycles. The Hall–Kier alpha value is -1.62. The maximum atomic E-state index is 12.1. The molecule has 1 amide bonds. The van der Waals surface area contributed by atoms with E-state index in [4.69, 9.17) is 10.8 Å². The fourth-order valence-electron chi connectivity index (χ4n) is 1.94. The van der Waals surface area contributed by atoms with E-state index in [0.717, 1.165) is 6.42 Å². The molecule has 1 aliphatic rings. The molecule has 16 heavy (non-hydrogen) atoms. The molecular weight excluding hydrogens is 206 g/mol. The van der Waals surface area contributed by atoms with Crippen molar-refractivity contribution in [1.29, 1.82) is 0 Å². The van der Waals surface area contributed by atoms with Crippen LogP contribution in [0.4, 0.5) is 5.69 Å². The third-order valence-electron chi connectivity index (χ3n) is 2.91. The molecule has 1 aliphatic heterocycles. The monoisotopic (exact) mass is 221 g/mol. The number of nitrogen functional groups attached to an aromatic ring is 1. The fraction of sp³-hybridized carbons (Fsp3) is 0.455. The highest BCUT2D eigenvalue weighted by Crippen LogP contribution is 2.20. The molecular formula is C11H15N3O2. The van der Waals surface area contributed by atoms with E-state index in [1.165, 1.54) is 6.20 Å². The van der Waals surface area contributed by atoms with Crippen LogP contribution < -0.4 is 5.73 Å². The van der Waals surface area contributed by atoms with Gasteiger partial charge in [-0.2, -0.15) is 0 Å². The zero-order valence-electron chi connectivity index (χ0n) is 8.97. The molecule has 1 aromatic rings. The van der Waals surface area contributed by atoms with Crippen molar-refractivity contribution >= 4 is 11.6 Å². The number of pyridine rings is 1. The van der Waals surface area contributed by atoms with E-state index in [2.05, 4.69) is 4.98 Å². The molecule has 0 radical (unpaired) electrons. The number of hydrogen-bond acceptors (Lipinski definition) is 4. The molecule has 1 aromatic heterocycles. The number of hydrogen-bond donors (Lipinski definition) is 2. The number of aliphatic hydroxyl groups is 1. The highest BCUT2D eigenvalue weighted by atomic mass is 16.3. The molecule has 86 valence electrons. The molecule has 2 heterocycles. The zero-order valence-corrected chi connectivity index (χ0v) is 8.97. The third-order valence-corrected chi connectivity index (χ3v) is 2.91. The summed E-state index contributed by atoms with van der Waals surface area (Å²) in [5, 5.41) is 9.02. The predicted octanol–water partition coefficient (Wildman–Crippen LogP) is 0.118. The highest BCUT2D eigenvalue weighted by molar-refractivity contribution is 5.98. The van der Waals surface area contributed by atoms with E-state index in [9.17, 15) is 4.79 Å². The Morgan fingerprint density at radius 3 is 3.12 bits per heavy atom. The Kier molecular flexibility index (Phi) is 3.05. The van der Waals surface area contributed by atoms with E-state index >= 15 is 0 Å². The van der Waals surface area contributed by atoms with Crippen LogP contribution in [-0.2, 0) is 0 Å². The van der Waals surface area contributed by atoms with Gasteiger partial charge in [0.2, 0.25) is 0 Å². The topological polar surface area (TPSA) is 79.5 Å². The van der Waals surface area contributed by atoms with E-state index in [-0.39, 0.29) is 18.4 Å². The number of nitrogens with two attached hydrogens (primary N) is 1. The minimum Gasteiger partial charge on any atom is -0.397 e. The molecule has 0 spiro atoms. The van der Waals surface area contributed by atoms with Gasteiger partial charge in [0.15, 0.2) is 0 Å². The lowest BCUT2D eigenvalue weighted by atomic mass is 10.1. The number of likely N-dealkylation sites (tertiary alicyclic amines) is 1. The minimum atomic E-state index is -0.0733. The first kappa shape index (κ1) is 10.9. The molecule has 2 rings (SSSR count). The van der Waals surface area contributed by atoms with Crippen LogP contribution in [0.5, 0.6) is 0 Å². The largest absolute Gasteiger partial charge is 0.397 e. The average Bonchev–Trinajstić information content (AvgIpc) is 2.77. The van der Waals surface area contributed by atoms with Gasteiger partial charge in [-0.3, -0.25) is 9.78 Å². The maximum Gasteiger partial charge on any atom is 0.256 e. The summed E-state index contributed by atoms with van der Waals surface area (Å²) in [5.74, 6) is 0.128. The molecule has 5 heteroatoms. The van der Waals surface area contributed by atoms with Crippen LogP contribution in [0.15, 0.2) is 18.5 Å². The molecule has 1 atom stereocenters. The first-order valence-electron chi connectivity index (χ1n) is 5.32. The Morgan fingerprint density at radius 1 is 1.69 bits per heavy atom. The molecule has 1 saturated heterocycles. The summed E-state index contributed by atoms with van der Waals surface area (Å²) in [5.41, 5.74) is 6.59. The lowest BCUT2D eigenvalue weighted by molar-refractivity contribution is 0.0783. The summed E-state index contributed by atoms with van der Waals surface area (Å²) in [6, 6.07) is 1.63. The second-order valence-electron chi connectivity index (χ2n) is 4.05. The summed E-state index contributed by atoms with van der Waals surface area (Å²) in [4.78, 5) is 17.6. The molecule has 0 aliphatic carbocycles. The van der Waals surface area contributed by atoms with Gasteiger partial charge in [-0.05, 0) is 12.5 Å². The lowest BCUT2D eigenvalue weighted by Crippen LogP contribution is -2.29. The first-order valence-corrected chi connectivity index (χ1v) is 5.32. The smallest absolute Gasteiger partial charge is 0.256 e. The van der Waals surface area contributed by atoms with Crippen LogP contribution >= 0.6 is 0 Å². The average molecular weight is 221 g/mol. The number of nitrogens with zero attached hydrogens (tertiary/aromatic N) is 2. The summed E-state index contributed by atoms with van der Waals surface area (Å²) < 4.78 is 0. The first-order chi connectivity index (χ1) is 7.72. The van der Waals surface area contributed by atoms with Crippen molar-refractivity contribution in [2.24, 2.45) is 5.92 Å². The van der Waals surface area contributed by atoms with Gasteiger partial charge in [0, 0.05) is 31.8 Å². The SMILES string of the molecule is Nc1cnccc1C(=O)N1CCC(CO)C1. The zero-order chi connectivity index (χ0) is 11.5.